The van der Waals surface area contributed by atoms with Crippen molar-refractivity contribution < 1.29 is 35.8 Å². The molecule has 0 aliphatic rings. The van der Waals surface area contributed by atoms with E-state index in [-0.39, 0.29) is 12.2 Å². The average molecular weight is 721 g/mol. The molecule has 0 heterocycles. The molecule has 0 aliphatic carbocycles. The summed E-state index contributed by atoms with van der Waals surface area (Å²) in [6.07, 6.45) is -6.44. The molecule has 10 heteroatoms. The monoisotopic (exact) mass is 720 g/mol. The Morgan fingerprint density at radius 2 is 0.769 bits per heavy atom. The van der Waals surface area contributed by atoms with Crippen molar-refractivity contribution in [3.8, 4) is 11.5 Å². The van der Waals surface area contributed by atoms with Crippen molar-refractivity contribution in [3.63, 3.8) is 0 Å². The number of hydrogen-bond acceptors (Lipinski definition) is 4. The van der Waals surface area contributed by atoms with Crippen molar-refractivity contribution in [2.45, 2.75) is 50.2 Å². The third-order valence-corrected chi connectivity index (χ3v) is 8.63. The minimum Gasteiger partial charge on any atom is -0.486 e. The summed E-state index contributed by atoms with van der Waals surface area (Å²) in [4.78, 5) is 0. The van der Waals surface area contributed by atoms with Crippen molar-refractivity contribution in [1.82, 2.24) is 10.6 Å². The van der Waals surface area contributed by atoms with Crippen LogP contribution in [-0.2, 0) is 25.2 Å². The van der Waals surface area contributed by atoms with Crippen molar-refractivity contribution in [1.29, 1.82) is 0 Å². The molecule has 5 rings (SSSR count). The summed E-state index contributed by atoms with van der Waals surface area (Å²) in [5.41, 5.74) is 2.90. The Morgan fingerprint density at radius 3 is 1.10 bits per heavy atom. The van der Waals surface area contributed by atoms with Crippen LogP contribution in [0.4, 0.5) is 26.3 Å². The first-order valence-electron chi connectivity index (χ1n) is 17.3. The van der Waals surface area contributed by atoms with Gasteiger partial charge in [0.2, 0.25) is 0 Å². The molecule has 0 aliphatic heterocycles. The van der Waals surface area contributed by atoms with Crippen LogP contribution in [0.3, 0.4) is 0 Å². The van der Waals surface area contributed by atoms with E-state index < -0.39 is 23.5 Å². The SMILES string of the molecule is FC(F)(F)c1ccc(OC(CCNCCc2ccc(CCNCCC(Oc3ccc(C(F)(F)F)cc3)c3ccccc3)cc2)c2ccccc2)cc1. The number of nitrogens with one attached hydrogen (secondary N) is 2. The van der Waals surface area contributed by atoms with Crippen molar-refractivity contribution in [2.75, 3.05) is 26.2 Å². The zero-order chi connectivity index (χ0) is 36.8. The number of alkyl halides is 6. The fourth-order valence-electron chi connectivity index (χ4n) is 5.75. The maximum absolute atomic E-state index is 13.0. The lowest BCUT2D eigenvalue weighted by Crippen LogP contribution is -2.22. The second-order valence-electron chi connectivity index (χ2n) is 12.5. The first kappa shape index (κ1) is 38.4. The summed E-state index contributed by atoms with van der Waals surface area (Å²) >= 11 is 0. The van der Waals surface area contributed by atoms with Crippen molar-refractivity contribution in [2.24, 2.45) is 0 Å². The van der Waals surface area contributed by atoms with E-state index in [0.29, 0.717) is 37.4 Å². The predicted octanol–water partition coefficient (Wildman–Crippen LogP) is 10.4. The molecule has 2 atom stereocenters. The van der Waals surface area contributed by atoms with Crippen LogP contribution < -0.4 is 20.1 Å². The quantitative estimate of drug-likeness (QED) is 0.0699. The minimum atomic E-state index is -4.39. The van der Waals surface area contributed by atoms with E-state index in [0.717, 1.165) is 61.3 Å². The summed E-state index contributed by atoms with van der Waals surface area (Å²) in [5.74, 6) is 0.776. The second kappa shape index (κ2) is 18.6. The van der Waals surface area contributed by atoms with E-state index >= 15 is 0 Å². The van der Waals surface area contributed by atoms with E-state index in [2.05, 4.69) is 34.9 Å². The number of rotatable bonds is 18. The summed E-state index contributed by atoms with van der Waals surface area (Å²) in [7, 11) is 0. The van der Waals surface area contributed by atoms with Crippen LogP contribution in [0.25, 0.3) is 0 Å². The number of ether oxygens (including phenoxy) is 2. The third kappa shape index (κ3) is 12.2. The summed E-state index contributed by atoms with van der Waals surface area (Å²) < 4.78 is 90.1. The van der Waals surface area contributed by atoms with Crippen LogP contribution in [0.5, 0.6) is 11.5 Å². The van der Waals surface area contributed by atoms with Gasteiger partial charge < -0.3 is 20.1 Å². The van der Waals surface area contributed by atoms with Crippen LogP contribution in [0.1, 0.15) is 58.4 Å². The van der Waals surface area contributed by atoms with E-state index in [1.165, 1.54) is 35.4 Å². The Kier molecular flexibility index (Phi) is 13.8. The predicted molar refractivity (Wildman–Crippen MR) is 191 cm³/mol. The van der Waals surface area contributed by atoms with Gasteiger partial charge in [0.1, 0.15) is 23.7 Å². The van der Waals surface area contributed by atoms with Gasteiger partial charge in [-0.2, -0.15) is 26.3 Å². The Balaban J connectivity index is 1.02. The van der Waals surface area contributed by atoms with Gasteiger partial charge in [0.05, 0.1) is 11.1 Å². The highest BCUT2D eigenvalue weighted by molar-refractivity contribution is 5.31. The molecule has 52 heavy (non-hydrogen) atoms. The van der Waals surface area contributed by atoms with Gasteiger partial charge >= 0.3 is 12.4 Å². The Labute approximate surface area is 300 Å². The summed E-state index contributed by atoms with van der Waals surface area (Å²) in [6.45, 7) is 2.87. The van der Waals surface area contributed by atoms with Crippen LogP contribution in [-0.4, -0.2) is 26.2 Å². The Bertz CT molecular complexity index is 1610. The van der Waals surface area contributed by atoms with E-state index in [1.807, 2.05) is 60.7 Å². The van der Waals surface area contributed by atoms with Crippen molar-refractivity contribution >= 4 is 0 Å². The van der Waals surface area contributed by atoms with E-state index in [9.17, 15) is 26.3 Å². The van der Waals surface area contributed by atoms with Gasteiger partial charge in [0, 0.05) is 12.8 Å². The summed E-state index contributed by atoms with van der Waals surface area (Å²) in [6, 6.07) is 37.4. The highest BCUT2D eigenvalue weighted by Gasteiger charge is 2.31. The first-order valence-corrected chi connectivity index (χ1v) is 17.3. The van der Waals surface area contributed by atoms with Crippen LogP contribution in [0.2, 0.25) is 0 Å². The lowest BCUT2D eigenvalue weighted by Gasteiger charge is -2.20. The fourth-order valence-corrected chi connectivity index (χ4v) is 5.75. The average Bonchev–Trinajstić information content (AvgIpc) is 3.14. The molecule has 0 amide bonds. The summed E-state index contributed by atoms with van der Waals surface area (Å²) in [5, 5.41) is 6.92. The largest absolute Gasteiger partial charge is 0.486 e. The molecule has 274 valence electrons. The molecule has 5 aromatic rings. The normalized spacial score (nSPS) is 13.0. The highest BCUT2D eigenvalue weighted by Crippen LogP contribution is 2.33. The molecular weight excluding hydrogens is 678 g/mol. The first-order chi connectivity index (χ1) is 25.0. The smallest absolute Gasteiger partial charge is 0.416 e. The number of hydrogen-bond donors (Lipinski definition) is 2. The van der Waals surface area contributed by atoms with Gasteiger partial charge in [-0.05, 0) is 110 Å². The van der Waals surface area contributed by atoms with Gasteiger partial charge in [-0.3, -0.25) is 0 Å². The molecule has 0 spiro atoms. The number of halogens is 6. The maximum atomic E-state index is 13.0. The molecule has 0 fully saturated rings. The topological polar surface area (TPSA) is 42.5 Å². The fraction of sp³-hybridized carbons (Fsp3) is 0.286. The van der Waals surface area contributed by atoms with E-state index in [4.69, 9.17) is 9.47 Å². The molecule has 0 aromatic heterocycles. The highest BCUT2D eigenvalue weighted by atomic mass is 19.4. The minimum absolute atomic E-state index is 0.311. The van der Waals surface area contributed by atoms with E-state index in [1.54, 1.807) is 0 Å². The van der Waals surface area contributed by atoms with Gasteiger partial charge in [-0.25, -0.2) is 0 Å². The van der Waals surface area contributed by atoms with Gasteiger partial charge in [0.25, 0.3) is 0 Å². The van der Waals surface area contributed by atoms with Gasteiger partial charge in [-0.15, -0.1) is 0 Å². The molecular formula is C42H42F6N2O2. The van der Waals surface area contributed by atoms with Crippen LogP contribution >= 0.6 is 0 Å². The molecule has 2 unspecified atom stereocenters. The zero-order valence-corrected chi connectivity index (χ0v) is 28.6. The Hall–Kier alpha value is -4.80. The molecule has 0 saturated heterocycles. The molecule has 0 radical (unpaired) electrons. The van der Waals surface area contributed by atoms with Crippen molar-refractivity contribution in [3.05, 3.63) is 167 Å². The number of benzene rings is 5. The molecule has 0 bridgehead atoms. The van der Waals surface area contributed by atoms with Crippen LogP contribution in [0.15, 0.2) is 133 Å². The van der Waals surface area contributed by atoms with Gasteiger partial charge in [0.15, 0.2) is 0 Å². The third-order valence-electron chi connectivity index (χ3n) is 8.63. The van der Waals surface area contributed by atoms with Gasteiger partial charge in [-0.1, -0.05) is 84.9 Å². The van der Waals surface area contributed by atoms with Crippen LogP contribution in [0, 0.1) is 0 Å². The molecule has 0 saturated carbocycles. The lowest BCUT2D eigenvalue weighted by molar-refractivity contribution is -0.138. The Morgan fingerprint density at radius 1 is 0.423 bits per heavy atom. The molecule has 5 aromatic carbocycles. The zero-order valence-electron chi connectivity index (χ0n) is 28.6. The molecule has 2 N–H and O–H groups in total. The maximum Gasteiger partial charge on any atom is 0.416 e. The second-order valence-corrected chi connectivity index (χ2v) is 12.5. The lowest BCUT2D eigenvalue weighted by atomic mass is 10.1. The standard InChI is InChI=1S/C42H42F6N2O2/c43-41(44,45)35-15-19-37(20-16-35)51-39(33-7-3-1-4-8-33)25-29-49-27-23-31-11-13-32(14-12-31)24-28-50-30-26-40(34-9-5-2-6-10-34)52-38-21-17-36(18-22-38)42(46,47)48/h1-22,39-40,49-50H,23-30H2. The molecule has 4 nitrogen and oxygen atoms in total.